The molecule has 1 N–H and O–H groups in total. The average molecular weight is 332 g/mol. The number of ether oxygens (including phenoxy) is 1. The third-order valence-corrected chi connectivity index (χ3v) is 3.84. The molecule has 3 aromatic rings. The van der Waals surface area contributed by atoms with Gasteiger partial charge in [-0.2, -0.15) is 0 Å². The van der Waals surface area contributed by atoms with E-state index in [9.17, 15) is 4.79 Å². The summed E-state index contributed by atoms with van der Waals surface area (Å²) in [6.45, 7) is 3.73. The number of methoxy groups -OCH3 is 1. The summed E-state index contributed by atoms with van der Waals surface area (Å²) in [5.74, 6) is 1.17. The molecule has 0 aliphatic carbocycles. The molecule has 23 heavy (non-hydrogen) atoms. The zero-order valence-electron chi connectivity index (χ0n) is 12.8. The number of aromatic nitrogens is 2. The van der Waals surface area contributed by atoms with Crippen molar-refractivity contribution in [3.63, 3.8) is 0 Å². The van der Waals surface area contributed by atoms with E-state index >= 15 is 0 Å². The lowest BCUT2D eigenvalue weighted by Gasteiger charge is -2.09. The predicted molar refractivity (Wildman–Crippen MR) is 87.2 cm³/mol. The molecule has 1 aromatic carbocycles. The second-order valence-electron chi connectivity index (χ2n) is 4.98. The van der Waals surface area contributed by atoms with Crippen molar-refractivity contribution < 1.29 is 13.9 Å². The van der Waals surface area contributed by atoms with Gasteiger partial charge in [-0.3, -0.25) is 4.79 Å². The minimum atomic E-state index is -0.350. The van der Waals surface area contributed by atoms with Crippen molar-refractivity contribution in [2.75, 3.05) is 12.4 Å². The Morgan fingerprint density at radius 3 is 2.83 bits per heavy atom. The molecule has 0 bridgehead atoms. The molecule has 0 fully saturated rings. The standard InChI is InChI=1S/C16H14ClN3O3/c1-8-9(2)23-16-13(8)14(18-7-19-16)20-15(21)11-5-4-10(17)6-12(11)22-3/h4-7H,1-3H3,(H,18,19,20,21). The Bertz CT molecular complexity index is 905. The van der Waals surface area contributed by atoms with Crippen molar-refractivity contribution in [3.05, 3.63) is 46.4 Å². The summed E-state index contributed by atoms with van der Waals surface area (Å²) >= 11 is 5.92. The number of furan rings is 1. The van der Waals surface area contributed by atoms with E-state index in [0.717, 1.165) is 11.3 Å². The number of benzene rings is 1. The zero-order valence-corrected chi connectivity index (χ0v) is 13.6. The molecule has 0 atom stereocenters. The smallest absolute Gasteiger partial charge is 0.260 e. The van der Waals surface area contributed by atoms with E-state index in [1.54, 1.807) is 18.2 Å². The molecule has 0 saturated heterocycles. The Hall–Kier alpha value is -2.60. The van der Waals surface area contributed by atoms with Crippen molar-refractivity contribution >= 4 is 34.4 Å². The Balaban J connectivity index is 2.01. The zero-order chi connectivity index (χ0) is 16.6. The molecule has 0 unspecified atom stereocenters. The summed E-state index contributed by atoms with van der Waals surface area (Å²) in [6.07, 6.45) is 1.35. The first-order valence-electron chi connectivity index (χ1n) is 6.87. The molecular formula is C16H14ClN3O3. The van der Waals surface area contributed by atoms with Gasteiger partial charge < -0.3 is 14.5 Å². The molecule has 0 saturated carbocycles. The fourth-order valence-electron chi connectivity index (χ4n) is 2.30. The number of carbonyl (C=O) groups excluding carboxylic acids is 1. The maximum Gasteiger partial charge on any atom is 0.260 e. The van der Waals surface area contributed by atoms with Crippen LogP contribution >= 0.6 is 11.6 Å². The lowest BCUT2D eigenvalue weighted by atomic mass is 10.1. The van der Waals surface area contributed by atoms with Crippen LogP contribution in [0.25, 0.3) is 11.1 Å². The molecule has 3 rings (SSSR count). The van der Waals surface area contributed by atoms with Crippen LogP contribution in [0, 0.1) is 13.8 Å². The molecule has 0 spiro atoms. The van der Waals surface area contributed by atoms with Gasteiger partial charge in [-0.05, 0) is 32.0 Å². The van der Waals surface area contributed by atoms with E-state index in [1.807, 2.05) is 13.8 Å². The van der Waals surface area contributed by atoms with Crippen molar-refractivity contribution in [1.29, 1.82) is 0 Å². The van der Waals surface area contributed by atoms with Gasteiger partial charge in [0, 0.05) is 10.6 Å². The molecule has 6 nitrogen and oxygen atoms in total. The van der Waals surface area contributed by atoms with Crippen LogP contribution in [0.5, 0.6) is 5.75 Å². The summed E-state index contributed by atoms with van der Waals surface area (Å²) in [7, 11) is 1.48. The van der Waals surface area contributed by atoms with Crippen LogP contribution in [0.2, 0.25) is 5.02 Å². The molecule has 2 heterocycles. The molecule has 2 aromatic heterocycles. The highest BCUT2D eigenvalue weighted by molar-refractivity contribution is 6.31. The van der Waals surface area contributed by atoms with Crippen molar-refractivity contribution in [3.8, 4) is 5.75 Å². The van der Waals surface area contributed by atoms with Gasteiger partial charge in [0.05, 0.1) is 18.1 Å². The van der Waals surface area contributed by atoms with Crippen LogP contribution in [0.15, 0.2) is 28.9 Å². The fraction of sp³-hybridized carbons (Fsp3) is 0.188. The molecule has 0 aliphatic rings. The van der Waals surface area contributed by atoms with Gasteiger partial charge in [0.25, 0.3) is 5.91 Å². The first kappa shape index (κ1) is 15.3. The quantitative estimate of drug-likeness (QED) is 0.790. The number of fused-ring (bicyclic) bond motifs is 1. The molecule has 118 valence electrons. The van der Waals surface area contributed by atoms with Gasteiger partial charge in [0.1, 0.15) is 23.7 Å². The lowest BCUT2D eigenvalue weighted by Crippen LogP contribution is -2.14. The molecule has 1 amide bonds. The third-order valence-electron chi connectivity index (χ3n) is 3.61. The molecule has 7 heteroatoms. The molecule has 0 radical (unpaired) electrons. The second-order valence-corrected chi connectivity index (χ2v) is 5.42. The Morgan fingerprint density at radius 1 is 1.30 bits per heavy atom. The van der Waals surface area contributed by atoms with Gasteiger partial charge in [0.2, 0.25) is 5.71 Å². The first-order chi connectivity index (χ1) is 11.0. The fourth-order valence-corrected chi connectivity index (χ4v) is 2.47. The Morgan fingerprint density at radius 2 is 2.09 bits per heavy atom. The second kappa shape index (κ2) is 5.89. The van der Waals surface area contributed by atoms with Gasteiger partial charge in [0.15, 0.2) is 0 Å². The summed E-state index contributed by atoms with van der Waals surface area (Å²) in [6, 6.07) is 4.81. The van der Waals surface area contributed by atoms with Gasteiger partial charge in [-0.15, -0.1) is 0 Å². The van der Waals surface area contributed by atoms with Gasteiger partial charge in [-0.25, -0.2) is 9.97 Å². The highest BCUT2D eigenvalue weighted by Gasteiger charge is 2.18. The van der Waals surface area contributed by atoms with E-state index < -0.39 is 0 Å². The topological polar surface area (TPSA) is 77.2 Å². The number of nitrogens with zero attached hydrogens (tertiary/aromatic N) is 2. The molecular weight excluding hydrogens is 318 g/mol. The van der Waals surface area contributed by atoms with E-state index in [-0.39, 0.29) is 5.91 Å². The number of anilines is 1. The van der Waals surface area contributed by atoms with Crippen LogP contribution in [0.4, 0.5) is 5.82 Å². The summed E-state index contributed by atoms with van der Waals surface area (Å²) in [4.78, 5) is 20.8. The van der Waals surface area contributed by atoms with Crippen LogP contribution in [-0.4, -0.2) is 23.0 Å². The number of carbonyl (C=O) groups is 1. The number of hydrogen-bond donors (Lipinski definition) is 1. The third kappa shape index (κ3) is 2.73. The number of amides is 1. The van der Waals surface area contributed by atoms with Crippen molar-refractivity contribution in [1.82, 2.24) is 9.97 Å². The monoisotopic (exact) mass is 331 g/mol. The largest absolute Gasteiger partial charge is 0.496 e. The maximum atomic E-state index is 12.5. The summed E-state index contributed by atoms with van der Waals surface area (Å²) in [5.41, 5.74) is 1.69. The highest BCUT2D eigenvalue weighted by atomic mass is 35.5. The minimum absolute atomic E-state index is 0.350. The van der Waals surface area contributed by atoms with E-state index in [4.69, 9.17) is 20.8 Å². The van der Waals surface area contributed by atoms with Crippen LogP contribution in [0.3, 0.4) is 0 Å². The number of rotatable bonds is 3. The van der Waals surface area contributed by atoms with Crippen molar-refractivity contribution in [2.24, 2.45) is 0 Å². The summed E-state index contributed by atoms with van der Waals surface area (Å²) in [5, 5.41) is 3.95. The minimum Gasteiger partial charge on any atom is -0.496 e. The van der Waals surface area contributed by atoms with Gasteiger partial charge in [-0.1, -0.05) is 11.6 Å². The number of halogens is 1. The van der Waals surface area contributed by atoms with Crippen molar-refractivity contribution in [2.45, 2.75) is 13.8 Å². The maximum absolute atomic E-state index is 12.5. The average Bonchev–Trinajstić information content (AvgIpc) is 2.82. The van der Waals surface area contributed by atoms with Crippen LogP contribution < -0.4 is 10.1 Å². The summed E-state index contributed by atoms with van der Waals surface area (Å²) < 4.78 is 10.7. The SMILES string of the molecule is COc1cc(Cl)ccc1C(=O)Nc1ncnc2oc(C)c(C)c12. The van der Waals surface area contributed by atoms with Crippen LogP contribution in [-0.2, 0) is 0 Å². The van der Waals surface area contributed by atoms with E-state index in [0.29, 0.717) is 33.3 Å². The Kier molecular flexibility index (Phi) is 3.92. The lowest BCUT2D eigenvalue weighted by molar-refractivity contribution is 0.102. The highest BCUT2D eigenvalue weighted by Crippen LogP contribution is 2.29. The predicted octanol–water partition coefficient (Wildman–Crippen LogP) is 3.75. The van der Waals surface area contributed by atoms with E-state index in [1.165, 1.54) is 13.4 Å². The number of hydrogen-bond acceptors (Lipinski definition) is 5. The van der Waals surface area contributed by atoms with E-state index in [2.05, 4.69) is 15.3 Å². The number of aryl methyl sites for hydroxylation is 2. The first-order valence-corrected chi connectivity index (χ1v) is 7.24. The van der Waals surface area contributed by atoms with Crippen LogP contribution in [0.1, 0.15) is 21.7 Å². The number of nitrogens with one attached hydrogen (secondary N) is 1. The van der Waals surface area contributed by atoms with Gasteiger partial charge >= 0.3 is 0 Å². The molecule has 0 aliphatic heterocycles. The Labute approximate surface area is 137 Å². The normalized spacial score (nSPS) is 10.8.